The lowest BCUT2D eigenvalue weighted by molar-refractivity contribution is -0.123. The Kier molecular flexibility index (Phi) is 2.55. The number of ketones is 1. The van der Waals surface area contributed by atoms with Gasteiger partial charge in [0.25, 0.3) is 0 Å². The predicted molar refractivity (Wildman–Crippen MR) is 44.7 cm³/mol. The van der Waals surface area contributed by atoms with Gasteiger partial charge in [0.1, 0.15) is 19.0 Å². The molecule has 13 heavy (non-hydrogen) atoms. The molecule has 0 amide bonds. The maximum Gasteiger partial charge on any atom is 0.165 e. The third-order valence-corrected chi connectivity index (χ3v) is 2.87. The molecule has 2 saturated heterocycles. The Balaban J connectivity index is 1.97. The number of hydrogen-bond donors (Lipinski definition) is 0. The fraction of sp³-hybridized carbons (Fsp3) is 0.875. The lowest BCUT2D eigenvalue weighted by Crippen LogP contribution is -2.40. The van der Waals surface area contributed by atoms with Crippen LogP contribution in [-0.2, 0) is 19.0 Å². The van der Waals surface area contributed by atoms with Crippen molar-refractivity contribution in [2.45, 2.75) is 30.1 Å². The van der Waals surface area contributed by atoms with Crippen molar-refractivity contribution < 1.29 is 19.0 Å². The first-order chi connectivity index (χ1) is 6.24. The second-order valence-electron chi connectivity index (χ2n) is 3.25. The lowest BCUT2D eigenvalue weighted by Gasteiger charge is -2.22. The lowest BCUT2D eigenvalue weighted by atomic mass is 9.96. The fourth-order valence-corrected chi connectivity index (χ4v) is 2.23. The van der Waals surface area contributed by atoms with Crippen LogP contribution in [0.15, 0.2) is 0 Å². The van der Waals surface area contributed by atoms with E-state index < -0.39 is 6.10 Å². The second-order valence-corrected chi connectivity index (χ2v) is 3.75. The molecule has 5 heteroatoms. The van der Waals surface area contributed by atoms with Crippen LogP contribution in [0.5, 0.6) is 0 Å². The van der Waals surface area contributed by atoms with Crippen LogP contribution in [0.1, 0.15) is 6.42 Å². The molecule has 0 spiro atoms. The molecule has 0 saturated carbocycles. The zero-order valence-corrected chi connectivity index (χ0v) is 7.99. The molecule has 4 unspecified atom stereocenters. The highest BCUT2D eigenvalue weighted by atomic mass is 35.5. The number of carbonyl (C=O) groups is 1. The normalized spacial score (nSPS) is 43.1. The number of hydrogen-bond acceptors (Lipinski definition) is 4. The number of ether oxygens (including phenoxy) is 3. The number of rotatable bonds is 3. The van der Waals surface area contributed by atoms with Crippen molar-refractivity contribution in [3.63, 3.8) is 0 Å². The van der Waals surface area contributed by atoms with E-state index in [0.717, 1.165) is 0 Å². The average molecular weight is 207 g/mol. The van der Waals surface area contributed by atoms with Crippen molar-refractivity contribution >= 4 is 17.4 Å². The van der Waals surface area contributed by atoms with Gasteiger partial charge in [-0.05, 0) is 0 Å². The quantitative estimate of drug-likeness (QED) is 0.493. The molecule has 4 nitrogen and oxygen atoms in total. The van der Waals surface area contributed by atoms with E-state index in [1.807, 2.05) is 0 Å². The molecule has 74 valence electrons. The first-order valence-electron chi connectivity index (χ1n) is 4.17. The molecular weight excluding hydrogens is 196 g/mol. The summed E-state index contributed by atoms with van der Waals surface area (Å²) in [6, 6.07) is 0. The van der Waals surface area contributed by atoms with Crippen LogP contribution in [0.25, 0.3) is 0 Å². The van der Waals surface area contributed by atoms with Gasteiger partial charge in [-0.25, -0.2) is 0 Å². The third kappa shape index (κ3) is 1.48. The SMILES string of the molecule is COCOC1C2CC(=O)C(O2)C1Cl. The summed E-state index contributed by atoms with van der Waals surface area (Å²) in [6.07, 6.45) is -0.421. The van der Waals surface area contributed by atoms with Gasteiger partial charge in [-0.3, -0.25) is 4.79 Å². The number of carbonyl (C=O) groups excluding carboxylic acids is 1. The minimum absolute atomic E-state index is 0.0854. The summed E-state index contributed by atoms with van der Waals surface area (Å²) < 4.78 is 15.4. The number of Topliss-reactive ketones (excluding diaryl/α,β-unsaturated/α-hetero) is 1. The van der Waals surface area contributed by atoms with Crippen LogP contribution in [0.4, 0.5) is 0 Å². The Bertz CT molecular complexity index is 218. The smallest absolute Gasteiger partial charge is 0.165 e. The van der Waals surface area contributed by atoms with Crippen LogP contribution in [0.2, 0.25) is 0 Å². The molecule has 2 rings (SSSR count). The Hall–Kier alpha value is -0.160. The summed E-state index contributed by atoms with van der Waals surface area (Å²) in [5.74, 6) is 0.0854. The van der Waals surface area contributed by atoms with E-state index in [1.165, 1.54) is 0 Å². The molecule has 0 aromatic carbocycles. The molecule has 2 aliphatic heterocycles. The van der Waals surface area contributed by atoms with E-state index in [1.54, 1.807) is 7.11 Å². The van der Waals surface area contributed by atoms with Crippen molar-refractivity contribution in [1.29, 1.82) is 0 Å². The fourth-order valence-electron chi connectivity index (χ4n) is 1.80. The summed E-state index contributed by atoms with van der Waals surface area (Å²) in [4.78, 5) is 11.2. The number of methoxy groups -OCH3 is 1. The second kappa shape index (κ2) is 3.53. The highest BCUT2D eigenvalue weighted by molar-refractivity contribution is 6.24. The first kappa shape index (κ1) is 9.40. The van der Waals surface area contributed by atoms with Gasteiger partial charge in [-0.2, -0.15) is 0 Å². The van der Waals surface area contributed by atoms with E-state index in [-0.39, 0.29) is 30.2 Å². The van der Waals surface area contributed by atoms with Crippen molar-refractivity contribution in [2.24, 2.45) is 0 Å². The standard InChI is InChI=1S/C8H11ClO4/c1-11-3-12-8-5-2-4(10)7(13-5)6(8)9/h5-8H,2-3H2,1H3. The van der Waals surface area contributed by atoms with Gasteiger partial charge in [0.2, 0.25) is 0 Å². The Morgan fingerprint density at radius 2 is 2.46 bits per heavy atom. The molecule has 0 aromatic rings. The summed E-state index contributed by atoms with van der Waals surface area (Å²) in [5, 5.41) is -0.360. The van der Waals surface area contributed by atoms with Gasteiger partial charge in [0.05, 0.1) is 11.5 Å². The Labute approximate surface area is 81.1 Å². The molecule has 4 atom stereocenters. The number of halogens is 1. The number of alkyl halides is 1. The van der Waals surface area contributed by atoms with Gasteiger partial charge in [-0.1, -0.05) is 0 Å². The Morgan fingerprint density at radius 1 is 1.69 bits per heavy atom. The number of fused-ring (bicyclic) bond motifs is 2. The van der Waals surface area contributed by atoms with Gasteiger partial charge < -0.3 is 14.2 Å². The van der Waals surface area contributed by atoms with Crippen molar-refractivity contribution in [3.05, 3.63) is 0 Å². The van der Waals surface area contributed by atoms with E-state index in [2.05, 4.69) is 0 Å². The molecule has 2 aliphatic rings. The molecular formula is C8H11ClO4. The van der Waals surface area contributed by atoms with Crippen molar-refractivity contribution in [1.82, 2.24) is 0 Å². The third-order valence-electron chi connectivity index (χ3n) is 2.39. The minimum atomic E-state index is -0.464. The van der Waals surface area contributed by atoms with Gasteiger partial charge >= 0.3 is 0 Å². The monoisotopic (exact) mass is 206 g/mol. The molecule has 2 heterocycles. The van der Waals surface area contributed by atoms with E-state index in [4.69, 9.17) is 25.8 Å². The first-order valence-corrected chi connectivity index (χ1v) is 4.60. The van der Waals surface area contributed by atoms with Gasteiger partial charge in [0, 0.05) is 13.5 Å². The molecule has 0 radical (unpaired) electrons. The van der Waals surface area contributed by atoms with Gasteiger partial charge in [0.15, 0.2) is 5.78 Å². The summed E-state index contributed by atoms with van der Waals surface area (Å²) in [6.45, 7) is 0.189. The van der Waals surface area contributed by atoms with Crippen molar-refractivity contribution in [2.75, 3.05) is 13.9 Å². The van der Waals surface area contributed by atoms with Crippen LogP contribution < -0.4 is 0 Å². The molecule has 2 bridgehead atoms. The average Bonchev–Trinajstić information content (AvgIpc) is 2.59. The highest BCUT2D eigenvalue weighted by Crippen LogP contribution is 2.37. The molecule has 0 N–H and O–H groups in total. The maximum absolute atomic E-state index is 11.2. The Morgan fingerprint density at radius 3 is 3.00 bits per heavy atom. The topological polar surface area (TPSA) is 44.8 Å². The summed E-state index contributed by atoms with van der Waals surface area (Å²) in [7, 11) is 1.54. The highest BCUT2D eigenvalue weighted by Gasteiger charge is 2.54. The largest absolute Gasteiger partial charge is 0.362 e. The molecule has 0 aromatic heterocycles. The zero-order valence-electron chi connectivity index (χ0n) is 7.23. The van der Waals surface area contributed by atoms with E-state index >= 15 is 0 Å². The van der Waals surface area contributed by atoms with Crippen LogP contribution in [0.3, 0.4) is 0 Å². The van der Waals surface area contributed by atoms with Crippen molar-refractivity contribution in [3.8, 4) is 0 Å². The maximum atomic E-state index is 11.2. The van der Waals surface area contributed by atoms with E-state index in [9.17, 15) is 4.79 Å². The van der Waals surface area contributed by atoms with Crippen LogP contribution in [0, 0.1) is 0 Å². The summed E-state index contributed by atoms with van der Waals surface area (Å²) >= 11 is 5.98. The zero-order chi connectivity index (χ0) is 9.42. The van der Waals surface area contributed by atoms with Crippen LogP contribution >= 0.6 is 11.6 Å². The molecule has 2 fully saturated rings. The van der Waals surface area contributed by atoms with E-state index in [0.29, 0.717) is 6.42 Å². The minimum Gasteiger partial charge on any atom is -0.362 e. The molecule has 0 aliphatic carbocycles. The van der Waals surface area contributed by atoms with Gasteiger partial charge in [-0.15, -0.1) is 11.6 Å². The summed E-state index contributed by atoms with van der Waals surface area (Å²) in [5.41, 5.74) is 0. The van der Waals surface area contributed by atoms with Crippen LogP contribution in [-0.4, -0.2) is 43.4 Å². The predicted octanol–water partition coefficient (Wildman–Crippen LogP) is 0.323.